The van der Waals surface area contributed by atoms with E-state index in [2.05, 4.69) is 4.74 Å². The van der Waals surface area contributed by atoms with Gasteiger partial charge in [0.15, 0.2) is 0 Å². The Morgan fingerprint density at radius 3 is 2.71 bits per heavy atom. The predicted octanol–water partition coefficient (Wildman–Crippen LogP) is 1.91. The molecule has 0 saturated carbocycles. The summed E-state index contributed by atoms with van der Waals surface area (Å²) in [6.07, 6.45) is 0. The molecule has 5 nitrogen and oxygen atoms in total. The van der Waals surface area contributed by atoms with Crippen LogP contribution in [-0.4, -0.2) is 38.9 Å². The van der Waals surface area contributed by atoms with Crippen molar-refractivity contribution in [2.75, 3.05) is 20.2 Å². The summed E-state index contributed by atoms with van der Waals surface area (Å²) in [6.45, 7) is 1.93. The molecule has 1 aliphatic heterocycles. The van der Waals surface area contributed by atoms with Crippen molar-refractivity contribution in [1.82, 2.24) is 4.31 Å². The van der Waals surface area contributed by atoms with Gasteiger partial charge in [0.25, 0.3) is 0 Å². The van der Waals surface area contributed by atoms with E-state index in [9.17, 15) is 17.6 Å². The first kappa shape index (κ1) is 16.2. The SMILES string of the molecule is COC(=O)C1CN(S(=O)(=O)c2cc(F)ccc2Cl)CC1C. The summed E-state index contributed by atoms with van der Waals surface area (Å²) >= 11 is 5.86. The van der Waals surface area contributed by atoms with Crippen LogP contribution in [0.1, 0.15) is 6.92 Å². The monoisotopic (exact) mass is 335 g/mol. The standard InChI is InChI=1S/C13H15ClFNO4S/c1-8-6-16(7-10(8)13(17)20-2)21(18,19)12-5-9(15)3-4-11(12)14/h3-5,8,10H,6-7H2,1-2H3. The average molecular weight is 336 g/mol. The Kier molecular flexibility index (Phi) is 4.55. The van der Waals surface area contributed by atoms with Crippen LogP contribution in [0.2, 0.25) is 5.02 Å². The zero-order chi connectivity index (χ0) is 15.8. The van der Waals surface area contributed by atoms with E-state index in [1.165, 1.54) is 13.2 Å². The normalized spacial score (nSPS) is 23.2. The number of hydrogen-bond acceptors (Lipinski definition) is 4. The van der Waals surface area contributed by atoms with E-state index in [-0.39, 0.29) is 28.9 Å². The van der Waals surface area contributed by atoms with Gasteiger partial charge < -0.3 is 4.74 Å². The van der Waals surface area contributed by atoms with Crippen molar-refractivity contribution in [2.45, 2.75) is 11.8 Å². The van der Waals surface area contributed by atoms with Crippen LogP contribution in [-0.2, 0) is 19.6 Å². The number of carbonyl (C=O) groups excluding carboxylic acids is 1. The topological polar surface area (TPSA) is 63.7 Å². The number of sulfonamides is 1. The highest BCUT2D eigenvalue weighted by molar-refractivity contribution is 7.89. The predicted molar refractivity (Wildman–Crippen MR) is 74.8 cm³/mol. The van der Waals surface area contributed by atoms with Crippen molar-refractivity contribution >= 4 is 27.6 Å². The number of carbonyl (C=O) groups is 1. The number of ether oxygens (including phenoxy) is 1. The number of methoxy groups -OCH3 is 1. The molecule has 0 spiro atoms. The molecule has 0 bridgehead atoms. The summed E-state index contributed by atoms with van der Waals surface area (Å²) < 4.78 is 44.2. The van der Waals surface area contributed by atoms with E-state index in [1.54, 1.807) is 6.92 Å². The van der Waals surface area contributed by atoms with E-state index in [4.69, 9.17) is 11.6 Å². The minimum atomic E-state index is -3.95. The Balaban J connectivity index is 2.33. The van der Waals surface area contributed by atoms with Crippen LogP contribution in [0.4, 0.5) is 4.39 Å². The van der Waals surface area contributed by atoms with Crippen LogP contribution in [0.3, 0.4) is 0 Å². The quantitative estimate of drug-likeness (QED) is 0.792. The number of esters is 1. The minimum absolute atomic E-state index is 0.00299. The third kappa shape index (κ3) is 3.04. The summed E-state index contributed by atoms with van der Waals surface area (Å²) in [5.41, 5.74) is 0. The number of benzene rings is 1. The first-order valence-electron chi connectivity index (χ1n) is 6.30. The highest BCUT2D eigenvalue weighted by atomic mass is 35.5. The summed E-state index contributed by atoms with van der Waals surface area (Å²) in [7, 11) is -2.69. The second-order valence-electron chi connectivity index (χ2n) is 5.00. The molecule has 0 N–H and O–H groups in total. The van der Waals surface area contributed by atoms with E-state index in [0.29, 0.717) is 0 Å². The molecule has 8 heteroatoms. The molecule has 0 aliphatic carbocycles. The van der Waals surface area contributed by atoms with Crippen molar-refractivity contribution in [3.8, 4) is 0 Å². The zero-order valence-electron chi connectivity index (χ0n) is 11.5. The Morgan fingerprint density at radius 2 is 2.10 bits per heavy atom. The molecule has 1 aromatic carbocycles. The first-order valence-corrected chi connectivity index (χ1v) is 8.12. The Morgan fingerprint density at radius 1 is 1.43 bits per heavy atom. The van der Waals surface area contributed by atoms with Gasteiger partial charge in [-0.05, 0) is 24.1 Å². The fraction of sp³-hybridized carbons (Fsp3) is 0.462. The van der Waals surface area contributed by atoms with Crippen LogP contribution in [0.5, 0.6) is 0 Å². The molecule has 1 aliphatic rings. The maximum Gasteiger partial charge on any atom is 0.310 e. The van der Waals surface area contributed by atoms with Gasteiger partial charge in [0, 0.05) is 13.1 Å². The molecular weight excluding hydrogens is 321 g/mol. The van der Waals surface area contributed by atoms with E-state index in [0.717, 1.165) is 16.4 Å². The van der Waals surface area contributed by atoms with Gasteiger partial charge in [-0.3, -0.25) is 4.79 Å². The summed E-state index contributed by atoms with van der Waals surface area (Å²) in [4.78, 5) is 11.3. The molecule has 0 aromatic heterocycles. The van der Waals surface area contributed by atoms with Crippen molar-refractivity contribution in [3.63, 3.8) is 0 Å². The van der Waals surface area contributed by atoms with Gasteiger partial charge in [-0.2, -0.15) is 4.31 Å². The lowest BCUT2D eigenvalue weighted by atomic mass is 9.99. The van der Waals surface area contributed by atoms with Crippen LogP contribution in [0, 0.1) is 17.7 Å². The number of hydrogen-bond donors (Lipinski definition) is 0. The van der Waals surface area contributed by atoms with E-state index >= 15 is 0 Å². The van der Waals surface area contributed by atoms with Gasteiger partial charge in [-0.25, -0.2) is 12.8 Å². The average Bonchev–Trinajstić information content (AvgIpc) is 2.83. The fourth-order valence-electron chi connectivity index (χ4n) is 2.39. The van der Waals surface area contributed by atoms with Crippen LogP contribution >= 0.6 is 11.6 Å². The van der Waals surface area contributed by atoms with E-state index in [1.807, 2.05) is 0 Å². The third-order valence-corrected chi connectivity index (χ3v) is 5.91. The van der Waals surface area contributed by atoms with Crippen LogP contribution in [0.15, 0.2) is 23.1 Å². The summed E-state index contributed by atoms with van der Waals surface area (Å²) in [5.74, 6) is -1.85. The van der Waals surface area contributed by atoms with Crippen molar-refractivity contribution in [1.29, 1.82) is 0 Å². The number of rotatable bonds is 3. The second-order valence-corrected chi connectivity index (χ2v) is 7.32. The molecule has 2 atom stereocenters. The molecule has 0 amide bonds. The van der Waals surface area contributed by atoms with Gasteiger partial charge in [0.2, 0.25) is 10.0 Å². The summed E-state index contributed by atoms with van der Waals surface area (Å²) in [5, 5.41) is -0.0504. The minimum Gasteiger partial charge on any atom is -0.469 e. The van der Waals surface area contributed by atoms with Gasteiger partial charge in [-0.15, -0.1) is 0 Å². The summed E-state index contributed by atoms with van der Waals surface area (Å²) in [6, 6.07) is 3.17. The molecule has 1 fully saturated rings. The lowest BCUT2D eigenvalue weighted by Gasteiger charge is -2.17. The molecular formula is C13H15ClFNO4S. The van der Waals surface area contributed by atoms with Crippen molar-refractivity contribution < 1.29 is 22.3 Å². The maximum atomic E-state index is 13.3. The van der Waals surface area contributed by atoms with Gasteiger partial charge in [0.1, 0.15) is 10.7 Å². The molecule has 1 saturated heterocycles. The molecule has 2 rings (SSSR count). The number of halogens is 2. The van der Waals surface area contributed by atoms with E-state index < -0.39 is 27.7 Å². The van der Waals surface area contributed by atoms with Gasteiger partial charge in [-0.1, -0.05) is 18.5 Å². The van der Waals surface area contributed by atoms with Crippen molar-refractivity contribution in [3.05, 3.63) is 29.0 Å². The number of nitrogens with zero attached hydrogens (tertiary/aromatic N) is 1. The molecule has 0 radical (unpaired) electrons. The highest BCUT2D eigenvalue weighted by Gasteiger charge is 2.41. The second kappa shape index (κ2) is 5.90. The van der Waals surface area contributed by atoms with Crippen molar-refractivity contribution in [2.24, 2.45) is 11.8 Å². The zero-order valence-corrected chi connectivity index (χ0v) is 13.1. The lowest BCUT2D eigenvalue weighted by Crippen LogP contribution is -2.30. The Bertz CT molecular complexity index is 664. The highest BCUT2D eigenvalue weighted by Crippen LogP contribution is 2.32. The Hall–Kier alpha value is -1.18. The largest absolute Gasteiger partial charge is 0.469 e. The Labute approximate surface area is 127 Å². The molecule has 116 valence electrons. The fourth-order valence-corrected chi connectivity index (χ4v) is 4.44. The molecule has 1 aromatic rings. The first-order chi connectivity index (χ1) is 9.77. The lowest BCUT2D eigenvalue weighted by molar-refractivity contribution is -0.145. The van der Waals surface area contributed by atoms with Gasteiger partial charge >= 0.3 is 5.97 Å². The molecule has 2 unspecified atom stereocenters. The van der Waals surface area contributed by atoms with Crippen LogP contribution < -0.4 is 0 Å². The van der Waals surface area contributed by atoms with Crippen LogP contribution in [0.25, 0.3) is 0 Å². The third-order valence-electron chi connectivity index (χ3n) is 3.59. The van der Waals surface area contributed by atoms with Gasteiger partial charge in [0.05, 0.1) is 18.1 Å². The maximum absolute atomic E-state index is 13.3. The smallest absolute Gasteiger partial charge is 0.310 e. The molecule has 1 heterocycles. The molecule has 21 heavy (non-hydrogen) atoms.